The van der Waals surface area contributed by atoms with Gasteiger partial charge in [0, 0.05) is 6.08 Å². The predicted octanol–water partition coefficient (Wildman–Crippen LogP) is 3.12. The molecule has 0 atom stereocenters. The van der Waals surface area contributed by atoms with Gasteiger partial charge in [0.2, 0.25) is 0 Å². The molecule has 15 heavy (non-hydrogen) atoms. The molecular weight excluding hydrogens is 188 g/mol. The summed E-state index contributed by atoms with van der Waals surface area (Å²) in [5.41, 5.74) is 3.01. The van der Waals surface area contributed by atoms with Gasteiger partial charge in [0.25, 0.3) is 0 Å². The maximum Gasteiger partial charge on any atom is 0.328 e. The maximum absolute atomic E-state index is 10.7. The lowest BCUT2D eigenvalue weighted by atomic mass is 9.92. The summed E-state index contributed by atoms with van der Waals surface area (Å²) in [6.45, 7) is 6.00. The minimum atomic E-state index is -0.887. The first-order chi connectivity index (χ1) is 7.02. The first-order valence-electron chi connectivity index (χ1n) is 5.03. The molecule has 0 aromatic heterocycles. The minimum Gasteiger partial charge on any atom is -0.478 e. The SMILES string of the molecule is Cc1ccccc1/C(=C/C(=O)O)C(C)C. The molecule has 0 saturated heterocycles. The van der Waals surface area contributed by atoms with E-state index in [2.05, 4.69) is 0 Å². The zero-order valence-electron chi connectivity index (χ0n) is 9.32. The lowest BCUT2D eigenvalue weighted by Gasteiger charge is -2.13. The molecule has 1 aromatic carbocycles. The van der Waals surface area contributed by atoms with Crippen molar-refractivity contribution >= 4 is 11.5 Å². The largest absolute Gasteiger partial charge is 0.478 e. The van der Waals surface area contributed by atoms with E-state index in [0.717, 1.165) is 16.7 Å². The Morgan fingerprint density at radius 3 is 2.40 bits per heavy atom. The number of benzene rings is 1. The van der Waals surface area contributed by atoms with E-state index < -0.39 is 5.97 Å². The molecule has 0 unspecified atom stereocenters. The summed E-state index contributed by atoms with van der Waals surface area (Å²) in [6, 6.07) is 7.84. The highest BCUT2D eigenvalue weighted by Crippen LogP contribution is 2.25. The quantitative estimate of drug-likeness (QED) is 0.768. The Bertz CT molecular complexity index is 389. The van der Waals surface area contributed by atoms with Crippen LogP contribution in [0.3, 0.4) is 0 Å². The highest BCUT2D eigenvalue weighted by molar-refractivity contribution is 5.90. The van der Waals surface area contributed by atoms with Gasteiger partial charge in [-0.3, -0.25) is 0 Å². The highest BCUT2D eigenvalue weighted by Gasteiger charge is 2.10. The normalized spacial score (nSPS) is 11.9. The number of rotatable bonds is 3. The molecule has 0 amide bonds. The van der Waals surface area contributed by atoms with Gasteiger partial charge in [-0.05, 0) is 29.5 Å². The first-order valence-corrected chi connectivity index (χ1v) is 5.03. The van der Waals surface area contributed by atoms with Crippen LogP contribution in [-0.4, -0.2) is 11.1 Å². The van der Waals surface area contributed by atoms with Gasteiger partial charge in [-0.1, -0.05) is 38.1 Å². The number of aliphatic carboxylic acids is 1. The topological polar surface area (TPSA) is 37.3 Å². The fourth-order valence-electron chi connectivity index (χ4n) is 1.59. The van der Waals surface area contributed by atoms with E-state index in [-0.39, 0.29) is 5.92 Å². The first kappa shape index (κ1) is 11.5. The van der Waals surface area contributed by atoms with Crippen molar-refractivity contribution in [2.24, 2.45) is 5.92 Å². The van der Waals surface area contributed by atoms with Gasteiger partial charge >= 0.3 is 5.97 Å². The monoisotopic (exact) mass is 204 g/mol. The lowest BCUT2D eigenvalue weighted by molar-refractivity contribution is -0.131. The van der Waals surface area contributed by atoms with Crippen molar-refractivity contribution in [3.8, 4) is 0 Å². The Balaban J connectivity index is 3.22. The van der Waals surface area contributed by atoms with E-state index in [4.69, 9.17) is 5.11 Å². The molecular formula is C13H16O2. The van der Waals surface area contributed by atoms with Gasteiger partial charge < -0.3 is 5.11 Å². The van der Waals surface area contributed by atoms with Gasteiger partial charge in [0.05, 0.1) is 0 Å². The van der Waals surface area contributed by atoms with E-state index in [9.17, 15) is 4.79 Å². The van der Waals surface area contributed by atoms with Crippen LogP contribution in [0.25, 0.3) is 5.57 Å². The zero-order valence-corrected chi connectivity index (χ0v) is 9.32. The minimum absolute atomic E-state index is 0.210. The van der Waals surface area contributed by atoms with Gasteiger partial charge in [-0.2, -0.15) is 0 Å². The smallest absolute Gasteiger partial charge is 0.328 e. The molecule has 0 aliphatic heterocycles. The fourth-order valence-corrected chi connectivity index (χ4v) is 1.59. The molecule has 0 radical (unpaired) electrons. The fraction of sp³-hybridized carbons (Fsp3) is 0.308. The van der Waals surface area contributed by atoms with Crippen molar-refractivity contribution in [1.29, 1.82) is 0 Å². The summed E-state index contributed by atoms with van der Waals surface area (Å²) in [4.78, 5) is 10.7. The van der Waals surface area contributed by atoms with Crippen LogP contribution in [0.5, 0.6) is 0 Å². The van der Waals surface area contributed by atoms with Crippen LogP contribution in [0.4, 0.5) is 0 Å². The maximum atomic E-state index is 10.7. The summed E-state index contributed by atoms with van der Waals surface area (Å²) >= 11 is 0. The van der Waals surface area contributed by atoms with Crippen molar-refractivity contribution in [2.45, 2.75) is 20.8 Å². The molecule has 80 valence electrons. The second-order valence-corrected chi connectivity index (χ2v) is 3.91. The number of hydrogen-bond acceptors (Lipinski definition) is 1. The third-order valence-electron chi connectivity index (χ3n) is 2.36. The number of carboxylic acid groups (broad SMARTS) is 1. The zero-order chi connectivity index (χ0) is 11.4. The van der Waals surface area contributed by atoms with E-state index in [1.54, 1.807) is 0 Å². The molecule has 0 heterocycles. The van der Waals surface area contributed by atoms with Crippen LogP contribution in [0.2, 0.25) is 0 Å². The van der Waals surface area contributed by atoms with E-state index >= 15 is 0 Å². The van der Waals surface area contributed by atoms with Crippen LogP contribution < -0.4 is 0 Å². The Kier molecular flexibility index (Phi) is 3.67. The molecule has 0 aliphatic carbocycles. The molecule has 2 nitrogen and oxygen atoms in total. The summed E-state index contributed by atoms with van der Waals surface area (Å²) in [5.74, 6) is -0.677. The van der Waals surface area contributed by atoms with Crippen molar-refractivity contribution in [1.82, 2.24) is 0 Å². The summed E-state index contributed by atoms with van der Waals surface area (Å²) in [5, 5.41) is 8.81. The van der Waals surface area contributed by atoms with Crippen molar-refractivity contribution in [3.05, 3.63) is 41.5 Å². The van der Waals surface area contributed by atoms with Gasteiger partial charge in [-0.25, -0.2) is 4.79 Å². The van der Waals surface area contributed by atoms with E-state index in [1.165, 1.54) is 6.08 Å². The number of aryl methyl sites for hydroxylation is 1. The standard InChI is InChI=1S/C13H16O2/c1-9(2)12(8-13(14)15)11-7-5-4-6-10(11)3/h4-9H,1-3H3,(H,14,15)/b12-8+. The lowest BCUT2D eigenvalue weighted by Crippen LogP contribution is -2.00. The Labute approximate surface area is 90.3 Å². The van der Waals surface area contributed by atoms with Crippen molar-refractivity contribution < 1.29 is 9.90 Å². The molecule has 0 aliphatic rings. The Morgan fingerprint density at radius 1 is 1.33 bits per heavy atom. The molecule has 1 aromatic rings. The average molecular weight is 204 g/mol. The molecule has 0 bridgehead atoms. The van der Waals surface area contributed by atoms with E-state index in [0.29, 0.717) is 0 Å². The Morgan fingerprint density at radius 2 is 1.93 bits per heavy atom. The van der Waals surface area contributed by atoms with Gasteiger partial charge in [0.15, 0.2) is 0 Å². The van der Waals surface area contributed by atoms with Gasteiger partial charge in [-0.15, -0.1) is 0 Å². The summed E-state index contributed by atoms with van der Waals surface area (Å²) in [7, 11) is 0. The summed E-state index contributed by atoms with van der Waals surface area (Å²) < 4.78 is 0. The van der Waals surface area contributed by atoms with Crippen LogP contribution in [0, 0.1) is 12.8 Å². The third kappa shape index (κ3) is 2.94. The van der Waals surface area contributed by atoms with Crippen LogP contribution in [0.15, 0.2) is 30.3 Å². The molecule has 0 spiro atoms. The number of hydrogen-bond donors (Lipinski definition) is 1. The third-order valence-corrected chi connectivity index (χ3v) is 2.36. The number of carbonyl (C=O) groups is 1. The number of allylic oxidation sites excluding steroid dienone is 1. The summed E-state index contributed by atoms with van der Waals surface area (Å²) in [6.07, 6.45) is 1.30. The van der Waals surface area contributed by atoms with Crippen LogP contribution >= 0.6 is 0 Å². The second kappa shape index (κ2) is 4.78. The predicted molar refractivity (Wildman–Crippen MR) is 61.6 cm³/mol. The highest BCUT2D eigenvalue weighted by atomic mass is 16.4. The molecule has 0 fully saturated rings. The molecule has 1 rings (SSSR count). The van der Waals surface area contributed by atoms with Crippen LogP contribution in [-0.2, 0) is 4.79 Å². The number of carboxylic acids is 1. The van der Waals surface area contributed by atoms with Crippen molar-refractivity contribution in [2.75, 3.05) is 0 Å². The molecule has 0 saturated carbocycles. The van der Waals surface area contributed by atoms with E-state index in [1.807, 2.05) is 45.0 Å². The average Bonchev–Trinajstić information content (AvgIpc) is 2.15. The van der Waals surface area contributed by atoms with Gasteiger partial charge in [0.1, 0.15) is 0 Å². The second-order valence-electron chi connectivity index (χ2n) is 3.91. The molecule has 1 N–H and O–H groups in total. The van der Waals surface area contributed by atoms with Crippen molar-refractivity contribution in [3.63, 3.8) is 0 Å². The van der Waals surface area contributed by atoms with Crippen LogP contribution in [0.1, 0.15) is 25.0 Å². The Hall–Kier alpha value is -1.57. The molecule has 2 heteroatoms.